The molecule has 12 aromatic rings. The van der Waals surface area contributed by atoms with Gasteiger partial charge in [-0.15, -0.1) is 0 Å². The van der Waals surface area contributed by atoms with Crippen LogP contribution in [0.5, 0.6) is 0 Å². The molecule has 0 bridgehead atoms. The summed E-state index contributed by atoms with van der Waals surface area (Å²) < 4.78 is 0. The van der Waals surface area contributed by atoms with Crippen molar-refractivity contribution in [1.29, 1.82) is 0 Å². The molecule has 0 amide bonds. The van der Waals surface area contributed by atoms with Crippen molar-refractivity contribution < 1.29 is 0 Å². The number of anilines is 3. The monoisotopic (exact) mass is 963 g/mol. The molecule has 0 aromatic heterocycles. The summed E-state index contributed by atoms with van der Waals surface area (Å²) in [7, 11) is 0. The number of hydrogen-bond acceptors (Lipinski definition) is 1. The minimum atomic E-state index is -0.563. The molecule has 0 N–H and O–H groups in total. The summed E-state index contributed by atoms with van der Waals surface area (Å²) in [4.78, 5) is 2.57. The smallest absolute Gasteiger partial charge is 0.0726 e. The van der Waals surface area contributed by atoms with E-state index in [-0.39, 0.29) is 0 Å². The molecule has 76 heavy (non-hydrogen) atoms. The zero-order valence-electron chi connectivity index (χ0n) is 41.7. The molecule has 0 atom stereocenters. The first-order chi connectivity index (χ1) is 37.7. The van der Waals surface area contributed by atoms with Crippen LogP contribution in [-0.4, -0.2) is 0 Å². The summed E-state index contributed by atoms with van der Waals surface area (Å²) in [5.41, 5.74) is 27.5. The maximum Gasteiger partial charge on any atom is 0.0726 e. The van der Waals surface area contributed by atoms with Crippen LogP contribution in [0.2, 0.25) is 0 Å². The van der Waals surface area contributed by atoms with Crippen molar-refractivity contribution in [3.05, 3.63) is 364 Å². The Morgan fingerprint density at radius 3 is 0.961 bits per heavy atom. The van der Waals surface area contributed by atoms with Crippen LogP contribution in [0.15, 0.2) is 297 Å². The van der Waals surface area contributed by atoms with Crippen molar-refractivity contribution in [3.8, 4) is 44.5 Å². The van der Waals surface area contributed by atoms with Gasteiger partial charge in [0.15, 0.2) is 0 Å². The second-order valence-electron chi connectivity index (χ2n) is 20.9. The average molecular weight is 964 g/mol. The van der Waals surface area contributed by atoms with Crippen LogP contribution in [0.3, 0.4) is 0 Å². The summed E-state index contributed by atoms with van der Waals surface area (Å²) in [5, 5.41) is 0. The molecule has 16 rings (SSSR count). The summed E-state index contributed by atoms with van der Waals surface area (Å²) in [6, 6.07) is 112. The predicted octanol–water partition coefficient (Wildman–Crippen LogP) is 18.2. The predicted molar refractivity (Wildman–Crippen MR) is 312 cm³/mol. The van der Waals surface area contributed by atoms with E-state index in [1.807, 2.05) is 0 Å². The van der Waals surface area contributed by atoms with E-state index < -0.39 is 16.2 Å². The normalized spacial score (nSPS) is 14.6. The molecular formula is C75H49N. The third-order valence-electron chi connectivity index (χ3n) is 17.7. The van der Waals surface area contributed by atoms with Crippen LogP contribution in [0.1, 0.15) is 66.8 Å². The Labute approximate surface area is 444 Å². The highest BCUT2D eigenvalue weighted by atomic mass is 15.1. The fourth-order valence-corrected chi connectivity index (χ4v) is 14.9. The molecule has 1 heteroatoms. The van der Waals surface area contributed by atoms with Gasteiger partial charge in [0.2, 0.25) is 0 Å². The standard InChI is InChI=1S/C75H49N/c1-4-23-50(24-5-1)73(63-35-16-10-29-56(63)57-30-11-17-36-64(57)73)53-43-45-54(46-44-53)76(71-42-22-41-69-72(71)62-34-15-21-40-68(62)74(69,51-25-6-2-7-26-51)52-27-8-3-9-28-52)55-47-48-61-60-33-14-20-39-67(60)75(70(61)49-55)65-37-18-12-31-58(65)59-32-13-19-38-66(59)75/h1-49H. The Hall–Kier alpha value is -9.56. The first-order valence-corrected chi connectivity index (χ1v) is 26.7. The van der Waals surface area contributed by atoms with Gasteiger partial charge in [-0.05, 0) is 136 Å². The molecule has 1 nitrogen and oxygen atoms in total. The zero-order chi connectivity index (χ0) is 50.0. The highest BCUT2D eigenvalue weighted by molar-refractivity contribution is 6.00. The lowest BCUT2D eigenvalue weighted by Gasteiger charge is -2.35. The van der Waals surface area contributed by atoms with Crippen LogP contribution in [0.4, 0.5) is 17.1 Å². The first-order valence-electron chi connectivity index (χ1n) is 26.7. The molecule has 0 aliphatic heterocycles. The van der Waals surface area contributed by atoms with E-state index >= 15 is 0 Å². The van der Waals surface area contributed by atoms with Gasteiger partial charge in [-0.1, -0.05) is 267 Å². The minimum Gasteiger partial charge on any atom is -0.310 e. The summed E-state index contributed by atoms with van der Waals surface area (Å²) in [6.07, 6.45) is 0. The van der Waals surface area contributed by atoms with Crippen molar-refractivity contribution in [2.75, 3.05) is 4.90 Å². The van der Waals surface area contributed by atoms with E-state index in [9.17, 15) is 0 Å². The topological polar surface area (TPSA) is 3.24 Å². The van der Waals surface area contributed by atoms with Gasteiger partial charge >= 0.3 is 0 Å². The van der Waals surface area contributed by atoms with Crippen LogP contribution in [0.25, 0.3) is 44.5 Å². The highest BCUT2D eigenvalue weighted by Crippen LogP contribution is 2.65. The molecule has 0 unspecified atom stereocenters. The van der Waals surface area contributed by atoms with Gasteiger partial charge in [-0.3, -0.25) is 0 Å². The molecule has 0 radical (unpaired) electrons. The Kier molecular flexibility index (Phi) is 9.15. The summed E-state index contributed by atoms with van der Waals surface area (Å²) in [5.74, 6) is 0. The van der Waals surface area contributed by atoms with Crippen LogP contribution >= 0.6 is 0 Å². The SMILES string of the molecule is c1ccc(C2(c3ccc(N(c4ccc5c(c4)C4(c6ccccc6-c6ccccc64)c4ccccc4-5)c4cccc5c4-c4ccccc4C5(c4ccccc4)c4ccccc4)cc3)c3ccccc3-c3ccccc32)cc1. The molecule has 12 aromatic carbocycles. The van der Waals surface area contributed by atoms with Crippen LogP contribution < -0.4 is 4.90 Å². The number of nitrogens with zero attached hydrogens (tertiary/aromatic N) is 1. The third-order valence-corrected chi connectivity index (χ3v) is 17.7. The first kappa shape index (κ1) is 42.9. The van der Waals surface area contributed by atoms with Gasteiger partial charge < -0.3 is 4.90 Å². The van der Waals surface area contributed by atoms with Gasteiger partial charge in [0.05, 0.1) is 21.9 Å². The lowest BCUT2D eigenvalue weighted by Crippen LogP contribution is -2.29. The molecule has 0 saturated carbocycles. The highest BCUT2D eigenvalue weighted by Gasteiger charge is 2.53. The fraction of sp³-hybridized carbons (Fsp3) is 0.0400. The zero-order valence-corrected chi connectivity index (χ0v) is 41.7. The van der Waals surface area contributed by atoms with Crippen molar-refractivity contribution in [1.82, 2.24) is 0 Å². The van der Waals surface area contributed by atoms with E-state index in [0.717, 1.165) is 17.1 Å². The van der Waals surface area contributed by atoms with Gasteiger partial charge in [0.25, 0.3) is 0 Å². The number of rotatable bonds is 7. The number of benzene rings is 12. The number of hydrogen-bond donors (Lipinski definition) is 0. The molecule has 4 aliphatic rings. The van der Waals surface area contributed by atoms with Crippen molar-refractivity contribution in [2.24, 2.45) is 0 Å². The Morgan fingerprint density at radius 2 is 0.513 bits per heavy atom. The molecule has 1 spiro atoms. The molecule has 354 valence electrons. The number of fused-ring (bicyclic) bond motifs is 16. The lowest BCUT2D eigenvalue weighted by atomic mass is 9.67. The van der Waals surface area contributed by atoms with Gasteiger partial charge in [-0.25, -0.2) is 0 Å². The summed E-state index contributed by atoms with van der Waals surface area (Å²) >= 11 is 0. The van der Waals surface area contributed by atoms with Gasteiger partial charge in [-0.2, -0.15) is 0 Å². The molecule has 0 saturated heterocycles. The van der Waals surface area contributed by atoms with E-state index in [2.05, 4.69) is 302 Å². The Morgan fingerprint density at radius 1 is 0.197 bits per heavy atom. The van der Waals surface area contributed by atoms with E-state index in [0.29, 0.717) is 0 Å². The summed E-state index contributed by atoms with van der Waals surface area (Å²) in [6.45, 7) is 0. The van der Waals surface area contributed by atoms with Crippen molar-refractivity contribution >= 4 is 17.1 Å². The third kappa shape index (κ3) is 5.49. The average Bonchev–Trinajstić information content (AvgIpc) is 4.39. The van der Waals surface area contributed by atoms with E-state index in [4.69, 9.17) is 0 Å². The Bertz CT molecular complexity index is 4130. The largest absolute Gasteiger partial charge is 0.310 e. The van der Waals surface area contributed by atoms with Gasteiger partial charge in [0.1, 0.15) is 0 Å². The Balaban J connectivity index is 0.982. The minimum absolute atomic E-state index is 0.503. The maximum atomic E-state index is 2.57. The quantitative estimate of drug-likeness (QED) is 0.154. The van der Waals surface area contributed by atoms with Gasteiger partial charge in [0, 0.05) is 16.9 Å². The lowest BCUT2D eigenvalue weighted by molar-refractivity contribution is 0.768. The van der Waals surface area contributed by atoms with Crippen molar-refractivity contribution in [2.45, 2.75) is 16.2 Å². The van der Waals surface area contributed by atoms with Crippen molar-refractivity contribution in [3.63, 3.8) is 0 Å². The molecule has 0 heterocycles. The van der Waals surface area contributed by atoms with Crippen LogP contribution in [-0.2, 0) is 16.2 Å². The van der Waals surface area contributed by atoms with E-state index in [1.54, 1.807) is 0 Å². The molecular weight excluding hydrogens is 915 g/mol. The molecule has 0 fully saturated rings. The second kappa shape index (κ2) is 16.2. The second-order valence-corrected chi connectivity index (χ2v) is 20.9. The van der Waals surface area contributed by atoms with E-state index in [1.165, 1.54) is 111 Å². The fourth-order valence-electron chi connectivity index (χ4n) is 14.9. The maximum absolute atomic E-state index is 2.57. The van der Waals surface area contributed by atoms with Crippen LogP contribution in [0, 0.1) is 0 Å². The molecule has 4 aliphatic carbocycles.